The summed E-state index contributed by atoms with van der Waals surface area (Å²) in [5.74, 6) is -0.211. The molecule has 6 rings (SSSR count). The van der Waals surface area contributed by atoms with E-state index in [1.165, 1.54) is 40.4 Å². The van der Waals surface area contributed by atoms with Crippen LogP contribution < -0.4 is 14.4 Å². The summed E-state index contributed by atoms with van der Waals surface area (Å²) in [5.41, 5.74) is 2.03. The molecular weight excluding hydrogens is 633 g/mol. The minimum absolute atomic E-state index is 0.0552. The maximum Gasteiger partial charge on any atom is 0.301 e. The summed E-state index contributed by atoms with van der Waals surface area (Å²) in [6.07, 6.45) is 6.07. The van der Waals surface area contributed by atoms with Gasteiger partial charge >= 0.3 is 5.91 Å². The number of fused-ring (bicyclic) bond motifs is 1. The first-order valence-electron chi connectivity index (χ1n) is 15.5. The van der Waals surface area contributed by atoms with Crippen molar-refractivity contribution in [2.75, 3.05) is 18.1 Å². The van der Waals surface area contributed by atoms with Crippen LogP contribution in [0.1, 0.15) is 55.8 Å². The number of pyridine rings is 1. The molecule has 3 aromatic carbocycles. The number of aromatic nitrogens is 3. The maximum absolute atomic E-state index is 13.7. The van der Waals surface area contributed by atoms with E-state index in [2.05, 4.69) is 46.4 Å². The predicted molar refractivity (Wildman–Crippen MR) is 185 cm³/mol. The fourth-order valence-corrected chi connectivity index (χ4v) is 7.41. The lowest BCUT2D eigenvalue weighted by Gasteiger charge is -2.23. The number of nitrogens with zero attached hydrogens (tertiary/aromatic N) is 4. The smallest absolute Gasteiger partial charge is 0.301 e. The van der Waals surface area contributed by atoms with Crippen LogP contribution in [-0.4, -0.2) is 45.2 Å². The van der Waals surface area contributed by atoms with Crippen molar-refractivity contribution in [1.82, 2.24) is 15.2 Å². The van der Waals surface area contributed by atoms with Gasteiger partial charge < -0.3 is 14.6 Å². The Hall–Kier alpha value is -4.74. The van der Waals surface area contributed by atoms with Crippen molar-refractivity contribution in [3.63, 3.8) is 0 Å². The highest BCUT2D eigenvalue weighted by Gasteiger charge is 2.48. The number of carbonyl (C=O) groups excluding carboxylic acids is 2. The molecule has 3 heterocycles. The van der Waals surface area contributed by atoms with Crippen LogP contribution in [0.4, 0.5) is 5.13 Å². The number of Topliss-reactive ketones (excluding diaryl/α,β-unsaturated/α-hetero) is 1. The van der Waals surface area contributed by atoms with Crippen LogP contribution in [0.3, 0.4) is 0 Å². The maximum atomic E-state index is 13.7. The molecule has 11 heteroatoms. The van der Waals surface area contributed by atoms with E-state index in [1.807, 2.05) is 25.1 Å². The summed E-state index contributed by atoms with van der Waals surface area (Å²) in [5, 5.41) is 22.8. The number of benzene rings is 3. The Bertz CT molecular complexity index is 1920. The number of ketones is 1. The molecule has 1 saturated heterocycles. The Labute approximate surface area is 281 Å². The molecule has 0 aliphatic carbocycles. The van der Waals surface area contributed by atoms with Crippen molar-refractivity contribution >= 4 is 56.5 Å². The molecule has 1 fully saturated rings. The van der Waals surface area contributed by atoms with Crippen LogP contribution in [0.25, 0.3) is 16.5 Å². The first-order chi connectivity index (χ1) is 23.0. The van der Waals surface area contributed by atoms with Gasteiger partial charge in [-0.05, 0) is 59.5 Å². The molecule has 1 atom stereocenters. The normalized spacial score (nSPS) is 15.8. The number of ether oxygens (including phenoxy) is 2. The second kappa shape index (κ2) is 14.8. The molecule has 1 aliphatic rings. The lowest BCUT2D eigenvalue weighted by molar-refractivity contribution is -0.132. The van der Waals surface area contributed by atoms with E-state index in [1.54, 1.807) is 30.3 Å². The third kappa shape index (κ3) is 6.86. The van der Waals surface area contributed by atoms with Gasteiger partial charge in [0, 0.05) is 23.7 Å². The minimum atomic E-state index is -0.986. The average Bonchev–Trinajstić information content (AvgIpc) is 3.67. The monoisotopic (exact) mass is 666 g/mol. The van der Waals surface area contributed by atoms with Gasteiger partial charge in [0.05, 0.1) is 24.8 Å². The first-order valence-corrected chi connectivity index (χ1v) is 17.3. The van der Waals surface area contributed by atoms with Gasteiger partial charge in [-0.1, -0.05) is 91.4 Å². The number of rotatable bonds is 13. The van der Waals surface area contributed by atoms with Gasteiger partial charge in [0.25, 0.3) is 5.78 Å². The molecular formula is C36H34N4O5S2. The lowest BCUT2D eigenvalue weighted by Crippen LogP contribution is -2.29. The topological polar surface area (TPSA) is 115 Å². The van der Waals surface area contributed by atoms with Crippen LogP contribution in [0.2, 0.25) is 0 Å². The predicted octanol–water partition coefficient (Wildman–Crippen LogP) is 7.97. The number of anilines is 1. The van der Waals surface area contributed by atoms with Gasteiger partial charge in [-0.2, -0.15) is 0 Å². The van der Waals surface area contributed by atoms with Crippen LogP contribution in [0.5, 0.6) is 11.5 Å². The Kier molecular flexibility index (Phi) is 10.1. The number of carbonyl (C=O) groups is 2. The number of aliphatic hydroxyl groups excluding tert-OH is 1. The zero-order chi connectivity index (χ0) is 32.8. The SMILES string of the molecule is CCCCCOc1ccc(C2/C(=C(\O)c3ccncc3)C(=O)C(=O)N2c2nnc(SCc3cccc4ccccc34)s2)cc1OCC. The van der Waals surface area contributed by atoms with Crippen molar-refractivity contribution < 1.29 is 24.2 Å². The largest absolute Gasteiger partial charge is 0.507 e. The molecule has 1 aliphatic heterocycles. The summed E-state index contributed by atoms with van der Waals surface area (Å²) < 4.78 is 12.6. The van der Waals surface area contributed by atoms with Crippen LogP contribution in [0, 0.1) is 0 Å². The van der Waals surface area contributed by atoms with Gasteiger partial charge in [-0.25, -0.2) is 0 Å². The van der Waals surface area contributed by atoms with Gasteiger partial charge in [0.2, 0.25) is 5.13 Å². The highest BCUT2D eigenvalue weighted by molar-refractivity contribution is 8.00. The summed E-state index contributed by atoms with van der Waals surface area (Å²) in [4.78, 5) is 32.8. The average molecular weight is 667 g/mol. The third-order valence-corrected chi connectivity index (χ3v) is 9.92. The zero-order valence-electron chi connectivity index (χ0n) is 26.1. The Balaban J connectivity index is 1.37. The van der Waals surface area contributed by atoms with Crippen molar-refractivity contribution in [2.24, 2.45) is 0 Å². The van der Waals surface area contributed by atoms with Gasteiger partial charge in [-0.3, -0.25) is 19.5 Å². The second-order valence-corrected chi connectivity index (χ2v) is 13.1. The molecule has 0 radical (unpaired) electrons. The van der Waals surface area contributed by atoms with Crippen molar-refractivity contribution in [3.8, 4) is 11.5 Å². The van der Waals surface area contributed by atoms with Crippen LogP contribution in [-0.2, 0) is 15.3 Å². The van der Waals surface area contributed by atoms with Gasteiger partial charge in [0.1, 0.15) is 5.76 Å². The van der Waals surface area contributed by atoms with E-state index in [-0.39, 0.29) is 16.5 Å². The van der Waals surface area contributed by atoms with E-state index in [0.29, 0.717) is 45.9 Å². The molecule has 0 saturated carbocycles. The summed E-state index contributed by atoms with van der Waals surface area (Å²) in [6, 6.07) is 21.9. The highest BCUT2D eigenvalue weighted by atomic mass is 32.2. The van der Waals surface area contributed by atoms with Gasteiger partial charge in [-0.15, -0.1) is 10.2 Å². The standard InChI is InChI=1S/C36H34N4O5S2/c1-3-5-8-20-45-28-15-14-25(21-29(28)44-4-2)31-30(32(41)24-16-18-37-19-17-24)33(42)34(43)40(31)35-38-39-36(47-35)46-22-26-12-9-11-23-10-6-7-13-27(23)26/h6-7,9-19,21,31,41H,3-5,8,20,22H2,1-2H3/b32-30+. The number of unbranched alkanes of at least 4 members (excludes halogenated alkanes) is 2. The number of aliphatic hydroxyl groups is 1. The van der Waals surface area contributed by atoms with E-state index in [0.717, 1.165) is 35.6 Å². The van der Waals surface area contributed by atoms with Crippen LogP contribution >= 0.6 is 23.1 Å². The molecule has 1 unspecified atom stereocenters. The molecule has 0 spiro atoms. The molecule has 9 nitrogen and oxygen atoms in total. The fraction of sp³-hybridized carbons (Fsp3) is 0.250. The molecule has 0 bridgehead atoms. The number of hydrogen-bond acceptors (Lipinski definition) is 10. The highest BCUT2D eigenvalue weighted by Crippen LogP contribution is 2.45. The summed E-state index contributed by atoms with van der Waals surface area (Å²) in [6.45, 7) is 4.94. The molecule has 47 heavy (non-hydrogen) atoms. The zero-order valence-corrected chi connectivity index (χ0v) is 27.7. The Morgan fingerprint density at radius 3 is 2.55 bits per heavy atom. The molecule has 5 aromatic rings. The van der Waals surface area contributed by atoms with E-state index in [4.69, 9.17) is 9.47 Å². The molecule has 1 amide bonds. The molecule has 2 aromatic heterocycles. The Morgan fingerprint density at radius 1 is 0.936 bits per heavy atom. The number of amides is 1. The lowest BCUT2D eigenvalue weighted by atomic mass is 9.95. The van der Waals surface area contributed by atoms with Crippen molar-refractivity contribution in [2.45, 2.75) is 49.2 Å². The molecule has 1 N–H and O–H groups in total. The first kappa shape index (κ1) is 32.2. The van der Waals surface area contributed by atoms with Crippen LogP contribution in [0.15, 0.2) is 95.1 Å². The van der Waals surface area contributed by atoms with Gasteiger partial charge in [0.15, 0.2) is 15.8 Å². The van der Waals surface area contributed by atoms with E-state index in [9.17, 15) is 14.7 Å². The van der Waals surface area contributed by atoms with E-state index >= 15 is 0 Å². The second-order valence-electron chi connectivity index (χ2n) is 10.9. The summed E-state index contributed by atoms with van der Waals surface area (Å²) in [7, 11) is 0. The van der Waals surface area contributed by atoms with Crippen molar-refractivity contribution in [1.29, 1.82) is 0 Å². The molecule has 240 valence electrons. The Morgan fingerprint density at radius 2 is 1.74 bits per heavy atom. The van der Waals surface area contributed by atoms with E-state index < -0.39 is 17.7 Å². The van der Waals surface area contributed by atoms with Crippen molar-refractivity contribution in [3.05, 3.63) is 107 Å². The fourth-order valence-electron chi connectivity index (χ4n) is 5.54. The third-order valence-electron chi connectivity index (χ3n) is 7.82. The summed E-state index contributed by atoms with van der Waals surface area (Å²) >= 11 is 2.74. The quantitative estimate of drug-likeness (QED) is 0.0334. The number of hydrogen-bond donors (Lipinski definition) is 1. The minimum Gasteiger partial charge on any atom is -0.507 e. The number of thioether (sulfide) groups is 1.